The summed E-state index contributed by atoms with van der Waals surface area (Å²) >= 11 is 1.81. The summed E-state index contributed by atoms with van der Waals surface area (Å²) in [4.78, 5) is 6.11. The van der Waals surface area contributed by atoms with E-state index >= 15 is 0 Å². The van der Waals surface area contributed by atoms with Crippen molar-refractivity contribution in [2.75, 3.05) is 0 Å². The third kappa shape index (κ3) is 3.35. The van der Waals surface area contributed by atoms with Gasteiger partial charge in [0.15, 0.2) is 0 Å². The lowest BCUT2D eigenvalue weighted by molar-refractivity contribution is 0.596. The molecule has 2 nitrogen and oxygen atoms in total. The van der Waals surface area contributed by atoms with Crippen molar-refractivity contribution in [1.29, 1.82) is 0 Å². The number of fused-ring (bicyclic) bond motifs is 3. The molecule has 3 heterocycles. The molecule has 6 aromatic rings. The molecule has 3 aromatic carbocycles. The first kappa shape index (κ1) is 20.2. The highest BCUT2D eigenvalue weighted by molar-refractivity contribution is 7.22. The van der Waals surface area contributed by atoms with Crippen molar-refractivity contribution in [2.45, 2.75) is 33.1 Å². The lowest BCUT2D eigenvalue weighted by Gasteiger charge is -2.22. The van der Waals surface area contributed by atoms with Crippen LogP contribution in [0.3, 0.4) is 0 Å². The Labute approximate surface area is 197 Å². The Morgan fingerprint density at radius 3 is 2.52 bits per heavy atom. The van der Waals surface area contributed by atoms with E-state index in [1.807, 2.05) is 23.8 Å². The lowest BCUT2D eigenvalue weighted by atomic mass is 9.82. The van der Waals surface area contributed by atoms with Crippen molar-refractivity contribution >= 4 is 43.2 Å². The third-order valence-electron chi connectivity index (χ3n) is 6.43. The van der Waals surface area contributed by atoms with E-state index in [1.165, 1.54) is 53.4 Å². The van der Waals surface area contributed by atoms with E-state index in [2.05, 4.69) is 94.4 Å². The minimum absolute atomic E-state index is 0.0436. The molecule has 0 aliphatic rings. The van der Waals surface area contributed by atoms with Crippen LogP contribution in [0.2, 0.25) is 0 Å². The summed E-state index contributed by atoms with van der Waals surface area (Å²) < 4.78 is 6.87. The number of rotatable bonds is 2. The predicted octanol–water partition coefficient (Wildman–Crippen LogP) is 9.14. The highest BCUT2D eigenvalue weighted by Crippen LogP contribution is 2.41. The molecule has 0 bridgehead atoms. The number of aromatic nitrogens is 1. The van der Waals surface area contributed by atoms with Gasteiger partial charge in [-0.25, -0.2) is 0 Å². The van der Waals surface area contributed by atoms with Crippen molar-refractivity contribution in [3.05, 3.63) is 90.3 Å². The normalized spacial score (nSPS) is 12.2. The van der Waals surface area contributed by atoms with Gasteiger partial charge in [0.25, 0.3) is 0 Å². The fourth-order valence-electron chi connectivity index (χ4n) is 4.69. The van der Waals surface area contributed by atoms with Crippen molar-refractivity contribution in [3.8, 4) is 21.7 Å². The van der Waals surface area contributed by atoms with Crippen LogP contribution in [-0.2, 0) is 5.41 Å². The quantitative estimate of drug-likeness (QED) is 0.264. The van der Waals surface area contributed by atoms with Gasteiger partial charge in [-0.2, -0.15) is 0 Å². The van der Waals surface area contributed by atoms with Crippen LogP contribution in [-0.4, -0.2) is 4.98 Å². The second-order valence-corrected chi connectivity index (χ2v) is 10.9. The maximum atomic E-state index is 5.64. The average molecular weight is 448 g/mol. The fraction of sp³-hybridized carbons (Fsp3) is 0.167. The summed E-state index contributed by atoms with van der Waals surface area (Å²) in [5.74, 6) is 0. The van der Waals surface area contributed by atoms with Crippen molar-refractivity contribution in [2.24, 2.45) is 0 Å². The molecule has 0 unspecified atom stereocenters. The number of hydrogen-bond acceptors (Lipinski definition) is 3. The number of benzene rings is 3. The number of hydrogen-bond donors (Lipinski definition) is 0. The Bertz CT molecular complexity index is 1660. The van der Waals surface area contributed by atoms with E-state index in [4.69, 9.17) is 9.40 Å². The molecular weight excluding hydrogens is 422 g/mol. The summed E-state index contributed by atoms with van der Waals surface area (Å²) in [6.07, 6.45) is 3.76. The van der Waals surface area contributed by atoms with Gasteiger partial charge in [0.1, 0.15) is 5.58 Å². The molecule has 162 valence electrons. The van der Waals surface area contributed by atoms with Crippen molar-refractivity contribution in [3.63, 3.8) is 0 Å². The van der Waals surface area contributed by atoms with Crippen LogP contribution < -0.4 is 0 Å². The largest absolute Gasteiger partial charge is 0.464 e. The molecule has 33 heavy (non-hydrogen) atoms. The van der Waals surface area contributed by atoms with E-state index in [1.54, 1.807) is 0 Å². The smallest absolute Gasteiger partial charge is 0.134 e. The Morgan fingerprint density at radius 1 is 0.818 bits per heavy atom. The van der Waals surface area contributed by atoms with Crippen molar-refractivity contribution < 1.29 is 4.42 Å². The van der Waals surface area contributed by atoms with Gasteiger partial charge in [0.2, 0.25) is 0 Å². The van der Waals surface area contributed by atoms with E-state index < -0.39 is 0 Å². The molecule has 0 aliphatic carbocycles. The topological polar surface area (TPSA) is 26.0 Å². The summed E-state index contributed by atoms with van der Waals surface area (Å²) in [5, 5.41) is 4.98. The Kier molecular flexibility index (Phi) is 4.46. The first-order chi connectivity index (χ1) is 15.9. The maximum absolute atomic E-state index is 5.64. The Morgan fingerprint density at radius 2 is 1.67 bits per heavy atom. The molecule has 0 saturated heterocycles. The van der Waals surface area contributed by atoms with Crippen LogP contribution in [0.5, 0.6) is 0 Å². The zero-order valence-corrected chi connectivity index (χ0v) is 20.1. The van der Waals surface area contributed by atoms with Crippen LogP contribution >= 0.6 is 11.3 Å². The fourth-order valence-corrected chi connectivity index (χ4v) is 5.85. The van der Waals surface area contributed by atoms with Crippen LogP contribution in [0.1, 0.15) is 31.9 Å². The molecule has 3 aromatic heterocycles. The summed E-state index contributed by atoms with van der Waals surface area (Å²) in [5.41, 5.74) is 6.95. The van der Waals surface area contributed by atoms with Gasteiger partial charge in [0.05, 0.1) is 16.7 Å². The molecular formula is C30H25NOS. The molecule has 0 amide bonds. The summed E-state index contributed by atoms with van der Waals surface area (Å²) in [7, 11) is 0. The second-order valence-electron chi connectivity index (χ2n) is 9.81. The van der Waals surface area contributed by atoms with Gasteiger partial charge in [0, 0.05) is 22.0 Å². The number of pyridine rings is 1. The summed E-state index contributed by atoms with van der Waals surface area (Å²) in [6, 6.07) is 24.2. The molecule has 0 radical (unpaired) electrons. The minimum atomic E-state index is 0.0436. The highest BCUT2D eigenvalue weighted by Gasteiger charge is 2.20. The second kappa shape index (κ2) is 7.29. The zero-order valence-electron chi connectivity index (χ0n) is 19.3. The SMILES string of the molecule is Cc1coc2ccc(-c3cc4ccnc(-c5cc(C(C)(C)C)c6ccccc6c5)c4s3)cc12. The first-order valence-electron chi connectivity index (χ1n) is 11.3. The minimum Gasteiger partial charge on any atom is -0.464 e. The van der Waals surface area contributed by atoms with E-state index in [-0.39, 0.29) is 5.41 Å². The van der Waals surface area contributed by atoms with E-state index in [0.717, 1.165) is 11.3 Å². The van der Waals surface area contributed by atoms with Crippen LogP contribution in [0, 0.1) is 6.92 Å². The number of aryl methyl sites for hydroxylation is 1. The van der Waals surface area contributed by atoms with E-state index in [0.29, 0.717) is 0 Å². The Hall–Kier alpha value is -3.43. The molecule has 0 saturated carbocycles. The third-order valence-corrected chi connectivity index (χ3v) is 7.64. The molecule has 0 aliphatic heterocycles. The monoisotopic (exact) mass is 447 g/mol. The zero-order chi connectivity index (χ0) is 22.7. The van der Waals surface area contributed by atoms with Gasteiger partial charge < -0.3 is 4.42 Å². The molecule has 0 atom stereocenters. The predicted molar refractivity (Wildman–Crippen MR) is 141 cm³/mol. The highest BCUT2D eigenvalue weighted by atomic mass is 32.1. The van der Waals surface area contributed by atoms with Gasteiger partial charge in [-0.05, 0) is 87.7 Å². The van der Waals surface area contributed by atoms with Crippen LogP contribution in [0.25, 0.3) is 53.5 Å². The average Bonchev–Trinajstić information content (AvgIpc) is 3.41. The molecule has 0 spiro atoms. The number of thiophene rings is 1. The van der Waals surface area contributed by atoms with Crippen LogP contribution in [0.4, 0.5) is 0 Å². The van der Waals surface area contributed by atoms with Gasteiger partial charge in [-0.1, -0.05) is 45.0 Å². The standard InChI is InChI=1S/C30H25NOS/c1-18-17-32-26-10-9-20(14-24(18)26)27-16-21-11-12-31-28(29(21)33-27)22-13-19-7-5-6-8-23(19)25(15-22)30(2,3)4/h5-17H,1-4H3. The van der Waals surface area contributed by atoms with E-state index in [9.17, 15) is 0 Å². The summed E-state index contributed by atoms with van der Waals surface area (Å²) in [6.45, 7) is 8.94. The van der Waals surface area contributed by atoms with Gasteiger partial charge in [-0.3, -0.25) is 4.98 Å². The molecule has 6 rings (SSSR count). The molecule has 0 N–H and O–H groups in total. The number of furan rings is 1. The number of nitrogens with zero attached hydrogens (tertiary/aromatic N) is 1. The Balaban J connectivity index is 1.56. The van der Waals surface area contributed by atoms with Gasteiger partial charge in [-0.15, -0.1) is 11.3 Å². The van der Waals surface area contributed by atoms with Gasteiger partial charge >= 0.3 is 0 Å². The molecule has 3 heteroatoms. The lowest BCUT2D eigenvalue weighted by Crippen LogP contribution is -2.12. The van der Waals surface area contributed by atoms with Crippen LogP contribution in [0.15, 0.2) is 83.6 Å². The molecule has 0 fully saturated rings. The maximum Gasteiger partial charge on any atom is 0.134 e. The van der Waals surface area contributed by atoms with Crippen molar-refractivity contribution in [1.82, 2.24) is 4.98 Å². The first-order valence-corrected chi connectivity index (χ1v) is 12.1.